The first-order valence-corrected chi connectivity index (χ1v) is 6.92. The lowest BCUT2D eigenvalue weighted by Gasteiger charge is -2.32. The number of nitrogens with zero attached hydrogens (tertiary/aromatic N) is 2. The molecule has 0 bridgehead atoms. The van der Waals surface area contributed by atoms with Crippen LogP contribution in [-0.4, -0.2) is 28.1 Å². The van der Waals surface area contributed by atoms with Crippen LogP contribution in [0.4, 0.5) is 26.3 Å². The second-order valence-corrected chi connectivity index (χ2v) is 6.29. The molecule has 1 aromatic heterocycles. The van der Waals surface area contributed by atoms with Gasteiger partial charge in [0.25, 0.3) is 0 Å². The lowest BCUT2D eigenvalue weighted by Crippen LogP contribution is -2.41. The van der Waals surface area contributed by atoms with Gasteiger partial charge < -0.3 is 9.31 Å². The van der Waals surface area contributed by atoms with Gasteiger partial charge >= 0.3 is 19.8 Å². The number of aromatic nitrogens is 2. The van der Waals surface area contributed by atoms with Crippen LogP contribution in [0, 0.1) is 0 Å². The zero-order valence-corrected chi connectivity index (χ0v) is 13.3. The van der Waals surface area contributed by atoms with E-state index in [0.29, 0.717) is 12.1 Å². The Labute approximate surface area is 134 Å². The van der Waals surface area contributed by atoms with Gasteiger partial charge in [-0.25, -0.2) is 9.07 Å². The average Bonchev–Trinajstić information content (AvgIpc) is 2.89. The first-order valence-electron chi connectivity index (χ1n) is 6.92. The second-order valence-electron chi connectivity index (χ2n) is 6.29. The van der Waals surface area contributed by atoms with E-state index in [9.17, 15) is 26.3 Å². The van der Waals surface area contributed by atoms with Crippen molar-refractivity contribution in [3.05, 3.63) is 23.2 Å². The summed E-state index contributed by atoms with van der Waals surface area (Å²) in [7, 11) is -1.51. The van der Waals surface area contributed by atoms with Gasteiger partial charge in [-0.2, -0.15) is 27.1 Å². The SMILES string of the molecule is CC1(C)OB(C(F)=Cc2cc(C(F)(F)F)nn2C(F)F)OC1(C)C. The predicted octanol–water partition coefficient (Wildman–Crippen LogP) is 4.24. The van der Waals surface area contributed by atoms with Crippen molar-refractivity contribution < 1.29 is 35.7 Å². The Morgan fingerprint density at radius 2 is 1.71 bits per heavy atom. The largest absolute Gasteiger partial charge is 0.525 e. The lowest BCUT2D eigenvalue weighted by molar-refractivity contribution is -0.142. The summed E-state index contributed by atoms with van der Waals surface area (Å²) in [6, 6.07) is 0.330. The van der Waals surface area contributed by atoms with Crippen molar-refractivity contribution in [1.82, 2.24) is 9.78 Å². The van der Waals surface area contributed by atoms with E-state index < -0.39 is 48.2 Å². The van der Waals surface area contributed by atoms with Gasteiger partial charge in [0.15, 0.2) is 5.69 Å². The highest BCUT2D eigenvalue weighted by Crippen LogP contribution is 2.39. The molecule has 0 saturated carbocycles. The van der Waals surface area contributed by atoms with Crippen molar-refractivity contribution in [3.63, 3.8) is 0 Å². The summed E-state index contributed by atoms with van der Waals surface area (Å²) >= 11 is 0. The Bertz CT molecular complexity index is 637. The van der Waals surface area contributed by atoms with Gasteiger partial charge in [0.05, 0.1) is 16.9 Å². The zero-order chi connectivity index (χ0) is 18.5. The molecule has 2 rings (SSSR count). The molecule has 0 atom stereocenters. The first kappa shape index (κ1) is 18.8. The van der Waals surface area contributed by atoms with E-state index in [1.165, 1.54) is 0 Å². The van der Waals surface area contributed by atoms with Crippen LogP contribution in [0.25, 0.3) is 6.08 Å². The van der Waals surface area contributed by atoms with Crippen molar-refractivity contribution in [2.75, 3.05) is 0 Å². The summed E-state index contributed by atoms with van der Waals surface area (Å²) in [6.45, 7) is 3.21. The van der Waals surface area contributed by atoms with E-state index in [-0.39, 0.29) is 4.68 Å². The first-order chi connectivity index (χ1) is 10.7. The molecule has 0 radical (unpaired) electrons. The fourth-order valence-corrected chi connectivity index (χ4v) is 1.98. The second kappa shape index (κ2) is 5.80. The van der Waals surface area contributed by atoms with Crippen molar-refractivity contribution in [2.24, 2.45) is 0 Å². The van der Waals surface area contributed by atoms with Crippen LogP contribution in [0.2, 0.25) is 0 Å². The molecular weight excluding hydrogens is 341 g/mol. The minimum atomic E-state index is -4.93. The number of halogens is 6. The maximum absolute atomic E-state index is 14.3. The summed E-state index contributed by atoms with van der Waals surface area (Å²) in [4.78, 5) is 0. The van der Waals surface area contributed by atoms with Crippen molar-refractivity contribution >= 4 is 13.2 Å². The Kier molecular flexibility index (Phi) is 4.55. The van der Waals surface area contributed by atoms with Gasteiger partial charge in [0.2, 0.25) is 0 Å². The molecule has 11 heteroatoms. The number of alkyl halides is 5. The smallest absolute Gasteiger partial charge is 0.398 e. The van der Waals surface area contributed by atoms with Crippen molar-refractivity contribution in [2.45, 2.75) is 51.6 Å². The third kappa shape index (κ3) is 3.46. The molecule has 0 spiro atoms. The highest BCUT2D eigenvalue weighted by molar-refractivity contribution is 6.54. The van der Waals surface area contributed by atoms with Crippen molar-refractivity contribution in [3.8, 4) is 0 Å². The number of rotatable bonds is 3. The third-order valence-electron chi connectivity index (χ3n) is 4.00. The van der Waals surface area contributed by atoms with Crippen molar-refractivity contribution in [1.29, 1.82) is 0 Å². The van der Waals surface area contributed by atoms with Gasteiger partial charge in [0.1, 0.15) is 5.73 Å². The quantitative estimate of drug-likeness (QED) is 0.601. The molecule has 1 fully saturated rings. The Balaban J connectivity index is 2.36. The molecule has 134 valence electrons. The average molecular weight is 356 g/mol. The topological polar surface area (TPSA) is 36.3 Å². The molecule has 4 nitrogen and oxygen atoms in total. The Morgan fingerprint density at radius 1 is 1.21 bits per heavy atom. The van der Waals surface area contributed by atoms with E-state index in [4.69, 9.17) is 9.31 Å². The minimum absolute atomic E-state index is 0.215. The molecule has 0 aromatic carbocycles. The third-order valence-corrected chi connectivity index (χ3v) is 4.00. The van der Waals surface area contributed by atoms with Gasteiger partial charge in [-0.15, -0.1) is 0 Å². The summed E-state index contributed by atoms with van der Waals surface area (Å²) in [5.41, 5.74) is -5.20. The number of hydrogen-bond acceptors (Lipinski definition) is 3. The van der Waals surface area contributed by atoms with E-state index in [0.717, 1.165) is 0 Å². The highest BCUT2D eigenvalue weighted by atomic mass is 19.4. The molecule has 0 unspecified atom stereocenters. The van der Waals surface area contributed by atoms with E-state index in [2.05, 4.69) is 5.10 Å². The molecule has 24 heavy (non-hydrogen) atoms. The predicted molar refractivity (Wildman–Crippen MR) is 73.6 cm³/mol. The summed E-state index contributed by atoms with van der Waals surface area (Å²) in [5, 5.41) is 2.77. The fraction of sp³-hybridized carbons (Fsp3) is 0.615. The van der Waals surface area contributed by atoms with Gasteiger partial charge in [0, 0.05) is 0 Å². The van der Waals surface area contributed by atoms with Gasteiger partial charge in [-0.1, -0.05) is 0 Å². The Hall–Kier alpha value is -1.49. The molecule has 1 aliphatic heterocycles. The maximum atomic E-state index is 14.3. The van der Waals surface area contributed by atoms with Crippen LogP contribution in [0.5, 0.6) is 0 Å². The number of hydrogen-bond donors (Lipinski definition) is 0. The molecule has 0 N–H and O–H groups in total. The van der Waals surface area contributed by atoms with E-state index >= 15 is 0 Å². The summed E-state index contributed by atoms with van der Waals surface area (Å²) in [6.07, 6.45) is -4.43. The fourth-order valence-electron chi connectivity index (χ4n) is 1.98. The zero-order valence-electron chi connectivity index (χ0n) is 13.3. The summed E-state index contributed by atoms with van der Waals surface area (Å²) in [5.74, 6) is 0. The van der Waals surface area contributed by atoms with Crippen LogP contribution in [0.3, 0.4) is 0 Å². The standard InChI is InChI=1S/C13H15BF6N2O2/c1-11(2)12(3,4)24-14(23-11)9(15)6-7-5-8(13(18,19)20)21-22(7)10(16)17/h5-6,10H,1-4H3. The molecule has 0 aliphatic carbocycles. The van der Waals surface area contributed by atoms with Crippen LogP contribution in [0.15, 0.2) is 11.8 Å². The lowest BCUT2D eigenvalue weighted by atomic mass is 9.87. The van der Waals surface area contributed by atoms with Gasteiger partial charge in [-0.05, 0) is 39.8 Å². The summed E-state index contributed by atoms with van der Waals surface area (Å²) < 4.78 is 88.2. The monoisotopic (exact) mass is 356 g/mol. The minimum Gasteiger partial charge on any atom is -0.398 e. The van der Waals surface area contributed by atoms with E-state index in [1.807, 2.05) is 0 Å². The van der Waals surface area contributed by atoms with Crippen LogP contribution in [0.1, 0.15) is 45.6 Å². The molecule has 1 saturated heterocycles. The molecule has 1 aromatic rings. The Morgan fingerprint density at radius 3 is 2.12 bits per heavy atom. The maximum Gasteiger partial charge on any atom is 0.525 e. The van der Waals surface area contributed by atoms with Crippen LogP contribution >= 0.6 is 0 Å². The molecule has 2 heterocycles. The highest BCUT2D eigenvalue weighted by Gasteiger charge is 2.53. The van der Waals surface area contributed by atoms with E-state index in [1.54, 1.807) is 27.7 Å². The van der Waals surface area contributed by atoms with Gasteiger partial charge in [-0.3, -0.25) is 0 Å². The van der Waals surface area contributed by atoms with Crippen LogP contribution in [-0.2, 0) is 15.5 Å². The van der Waals surface area contributed by atoms with Crippen LogP contribution < -0.4 is 0 Å². The molecule has 1 aliphatic rings. The molecular formula is C13H15BF6N2O2. The normalized spacial score (nSPS) is 21.0. The molecule has 0 amide bonds.